The summed E-state index contributed by atoms with van der Waals surface area (Å²) in [5.41, 5.74) is 1.30. The van der Waals surface area contributed by atoms with Gasteiger partial charge in [-0.05, 0) is 63.7 Å². The number of carbonyl (C=O) groups excluding carboxylic acids is 1. The van der Waals surface area contributed by atoms with Crippen LogP contribution in [0.5, 0.6) is 0 Å². The third kappa shape index (κ3) is 4.00. The van der Waals surface area contributed by atoms with Crippen LogP contribution >= 0.6 is 22.9 Å². The number of hydrogen-bond donors (Lipinski definition) is 0. The molecule has 1 amide bonds. The fourth-order valence-electron chi connectivity index (χ4n) is 2.38. The summed E-state index contributed by atoms with van der Waals surface area (Å²) < 4.78 is 18.0. The Morgan fingerprint density at radius 1 is 1.28 bits per heavy atom. The van der Waals surface area contributed by atoms with Crippen LogP contribution in [-0.2, 0) is 0 Å². The topological polar surface area (TPSA) is 62.2 Å². The van der Waals surface area contributed by atoms with Gasteiger partial charge in [-0.15, -0.1) is 5.10 Å². The molecule has 0 N–H and O–H groups in total. The Hall–Kier alpha value is -1.97. The first-order chi connectivity index (χ1) is 12.0. The summed E-state index contributed by atoms with van der Waals surface area (Å²) in [6.07, 6.45) is 0.800. The summed E-state index contributed by atoms with van der Waals surface area (Å²) in [5.74, 6) is -0.471. The summed E-state index contributed by atoms with van der Waals surface area (Å²) in [4.78, 5) is 21.7. The second kappa shape index (κ2) is 7.51. The van der Waals surface area contributed by atoms with E-state index in [1.54, 1.807) is 17.9 Å². The van der Waals surface area contributed by atoms with Crippen molar-refractivity contribution in [2.45, 2.75) is 13.3 Å². The molecule has 0 aliphatic rings. The molecule has 3 rings (SSSR count). The average molecular weight is 379 g/mol. The van der Waals surface area contributed by atoms with E-state index in [-0.39, 0.29) is 11.7 Å². The van der Waals surface area contributed by atoms with E-state index in [1.807, 2.05) is 14.1 Å². The summed E-state index contributed by atoms with van der Waals surface area (Å²) >= 11 is 2.40. The Morgan fingerprint density at radius 2 is 2.08 bits per heavy atom. The van der Waals surface area contributed by atoms with Gasteiger partial charge in [0.25, 0.3) is 5.91 Å². The molecule has 132 valence electrons. The molecule has 2 aromatic heterocycles. The van der Waals surface area contributed by atoms with Crippen LogP contribution in [-0.4, -0.2) is 52.6 Å². The van der Waals surface area contributed by atoms with Crippen molar-refractivity contribution in [3.63, 3.8) is 0 Å². The molecular formula is C16H18FN5OS2. The maximum Gasteiger partial charge on any atom is 0.273 e. The number of hydrogen-bond acceptors (Lipinski definition) is 7. The van der Waals surface area contributed by atoms with E-state index in [2.05, 4.69) is 19.5 Å². The van der Waals surface area contributed by atoms with Crippen LogP contribution in [0.2, 0.25) is 0 Å². The molecule has 1 aromatic carbocycles. The average Bonchev–Trinajstić information content (AvgIpc) is 3.16. The van der Waals surface area contributed by atoms with Crippen molar-refractivity contribution >= 4 is 44.1 Å². The summed E-state index contributed by atoms with van der Waals surface area (Å²) in [6.45, 7) is 3.14. The molecule has 0 atom stereocenters. The number of benzene rings is 1. The third-order valence-electron chi connectivity index (χ3n) is 3.65. The SMILES string of the molecule is Cc1nnsc1C(=O)N(CCCN(C)C)c1nc2ccc(F)cc2s1. The monoisotopic (exact) mass is 379 g/mol. The minimum atomic E-state index is -0.310. The van der Waals surface area contributed by atoms with Crippen LogP contribution in [0.3, 0.4) is 0 Å². The molecular weight excluding hydrogens is 361 g/mol. The lowest BCUT2D eigenvalue weighted by molar-refractivity contribution is 0.0989. The second-order valence-electron chi connectivity index (χ2n) is 5.91. The van der Waals surface area contributed by atoms with E-state index >= 15 is 0 Å². The zero-order chi connectivity index (χ0) is 18.0. The molecule has 0 aliphatic heterocycles. The molecule has 25 heavy (non-hydrogen) atoms. The van der Waals surface area contributed by atoms with Gasteiger partial charge >= 0.3 is 0 Å². The molecule has 2 heterocycles. The van der Waals surface area contributed by atoms with Crippen LogP contribution in [0.15, 0.2) is 18.2 Å². The van der Waals surface area contributed by atoms with E-state index in [0.29, 0.717) is 27.8 Å². The lowest BCUT2D eigenvalue weighted by Crippen LogP contribution is -2.33. The zero-order valence-corrected chi connectivity index (χ0v) is 15.8. The second-order valence-corrected chi connectivity index (χ2v) is 7.67. The molecule has 0 fully saturated rings. The van der Waals surface area contributed by atoms with E-state index in [4.69, 9.17) is 0 Å². The Kier molecular flexibility index (Phi) is 5.36. The van der Waals surface area contributed by atoms with Gasteiger partial charge in [0.05, 0.1) is 15.9 Å². The van der Waals surface area contributed by atoms with Gasteiger partial charge in [-0.25, -0.2) is 9.37 Å². The highest BCUT2D eigenvalue weighted by atomic mass is 32.1. The quantitative estimate of drug-likeness (QED) is 0.658. The zero-order valence-electron chi connectivity index (χ0n) is 14.2. The van der Waals surface area contributed by atoms with Crippen LogP contribution in [0.4, 0.5) is 9.52 Å². The number of thiazole rings is 1. The fraction of sp³-hybridized carbons (Fsp3) is 0.375. The maximum atomic E-state index is 13.5. The molecule has 0 saturated heterocycles. The van der Waals surface area contributed by atoms with Crippen molar-refractivity contribution < 1.29 is 9.18 Å². The highest BCUT2D eigenvalue weighted by molar-refractivity contribution is 7.22. The minimum absolute atomic E-state index is 0.161. The standard InChI is InChI=1S/C16H18FN5OS2/c1-10-14(25-20-19-10)15(23)22(8-4-7-21(2)3)16-18-12-6-5-11(17)9-13(12)24-16/h5-6,9H,4,7-8H2,1-3H3. The van der Waals surface area contributed by atoms with Crippen molar-refractivity contribution in [1.82, 2.24) is 19.5 Å². The Bertz CT molecular complexity index is 892. The van der Waals surface area contributed by atoms with Gasteiger partial charge in [0.1, 0.15) is 10.7 Å². The van der Waals surface area contributed by atoms with Crippen LogP contribution < -0.4 is 4.90 Å². The van der Waals surface area contributed by atoms with E-state index in [1.165, 1.54) is 23.5 Å². The van der Waals surface area contributed by atoms with Crippen LogP contribution in [0, 0.1) is 12.7 Å². The van der Waals surface area contributed by atoms with Crippen molar-refractivity contribution in [2.75, 3.05) is 32.1 Å². The predicted molar refractivity (Wildman–Crippen MR) is 99.1 cm³/mol. The van der Waals surface area contributed by atoms with E-state index in [0.717, 1.165) is 29.2 Å². The highest BCUT2D eigenvalue weighted by Gasteiger charge is 2.24. The van der Waals surface area contributed by atoms with Crippen molar-refractivity contribution in [1.29, 1.82) is 0 Å². The number of rotatable bonds is 6. The molecule has 9 heteroatoms. The normalized spacial score (nSPS) is 11.4. The third-order valence-corrected chi connectivity index (χ3v) is 5.51. The summed E-state index contributed by atoms with van der Waals surface area (Å²) in [5, 5.41) is 4.49. The van der Waals surface area contributed by atoms with Gasteiger partial charge in [-0.2, -0.15) is 0 Å². The first-order valence-corrected chi connectivity index (χ1v) is 9.36. The lowest BCUT2D eigenvalue weighted by atomic mass is 10.3. The first-order valence-electron chi connectivity index (χ1n) is 7.77. The molecule has 3 aromatic rings. The number of fused-ring (bicyclic) bond motifs is 1. The van der Waals surface area contributed by atoms with Crippen molar-refractivity contribution in [3.05, 3.63) is 34.6 Å². The molecule has 0 saturated carbocycles. The number of halogens is 1. The maximum absolute atomic E-state index is 13.5. The molecule has 0 bridgehead atoms. The number of nitrogens with zero attached hydrogens (tertiary/aromatic N) is 5. The first kappa shape index (κ1) is 17.8. The molecule has 6 nitrogen and oxygen atoms in total. The molecule has 0 radical (unpaired) electrons. The number of carbonyl (C=O) groups is 1. The van der Waals surface area contributed by atoms with E-state index in [9.17, 15) is 9.18 Å². The number of aromatic nitrogens is 3. The smallest absolute Gasteiger partial charge is 0.273 e. The fourth-order valence-corrected chi connectivity index (χ4v) is 4.00. The largest absolute Gasteiger partial charge is 0.309 e. The Labute approximate surface area is 153 Å². The lowest BCUT2D eigenvalue weighted by Gasteiger charge is -2.20. The molecule has 0 unspecified atom stereocenters. The van der Waals surface area contributed by atoms with Gasteiger partial charge < -0.3 is 4.90 Å². The van der Waals surface area contributed by atoms with Crippen molar-refractivity contribution in [3.8, 4) is 0 Å². The molecule has 0 spiro atoms. The number of amides is 1. The minimum Gasteiger partial charge on any atom is -0.309 e. The van der Waals surface area contributed by atoms with Crippen molar-refractivity contribution in [2.24, 2.45) is 0 Å². The van der Waals surface area contributed by atoms with Crippen LogP contribution in [0.25, 0.3) is 10.2 Å². The Morgan fingerprint density at radius 3 is 2.76 bits per heavy atom. The number of anilines is 1. The van der Waals surface area contributed by atoms with Gasteiger partial charge in [-0.3, -0.25) is 9.69 Å². The van der Waals surface area contributed by atoms with Gasteiger partial charge in [0, 0.05) is 6.54 Å². The predicted octanol–water partition coefficient (Wildman–Crippen LogP) is 3.19. The van der Waals surface area contributed by atoms with Crippen LogP contribution in [0.1, 0.15) is 21.8 Å². The van der Waals surface area contributed by atoms with E-state index < -0.39 is 0 Å². The number of aryl methyl sites for hydroxylation is 1. The Balaban J connectivity index is 1.94. The summed E-state index contributed by atoms with van der Waals surface area (Å²) in [6, 6.07) is 4.45. The molecule has 0 aliphatic carbocycles. The van der Waals surface area contributed by atoms with Gasteiger partial charge in [0.15, 0.2) is 5.13 Å². The van der Waals surface area contributed by atoms with Gasteiger partial charge in [0.2, 0.25) is 0 Å². The summed E-state index contributed by atoms with van der Waals surface area (Å²) in [7, 11) is 3.98. The van der Waals surface area contributed by atoms with Gasteiger partial charge in [-0.1, -0.05) is 15.8 Å². The highest BCUT2D eigenvalue weighted by Crippen LogP contribution is 2.31.